The molecule has 0 bridgehead atoms. The van der Waals surface area contributed by atoms with Gasteiger partial charge in [0.05, 0.1) is 18.2 Å². The molecule has 0 unspecified atom stereocenters. The zero-order valence-corrected chi connectivity index (χ0v) is 16.2. The first-order valence-corrected chi connectivity index (χ1v) is 8.79. The number of aromatic nitrogens is 2. The average Bonchev–Trinajstić information content (AvgIpc) is 2.96. The number of hydrogen-bond acceptors (Lipinski definition) is 7. The molecule has 16 heteroatoms. The SMILES string of the molecule is COc1c(Cl)csc1NC(=O)Nc1nc(OCC(F)(F)F)cc(OCC(F)(F)F)n1. The molecule has 8 nitrogen and oxygen atoms in total. The molecule has 0 spiro atoms. The van der Waals surface area contributed by atoms with E-state index in [4.69, 9.17) is 16.3 Å². The van der Waals surface area contributed by atoms with Crippen LogP contribution in [0, 0.1) is 0 Å². The van der Waals surface area contributed by atoms with Gasteiger partial charge < -0.3 is 14.2 Å². The van der Waals surface area contributed by atoms with Gasteiger partial charge in [-0.2, -0.15) is 36.3 Å². The van der Waals surface area contributed by atoms with Crippen LogP contribution in [0.3, 0.4) is 0 Å². The van der Waals surface area contributed by atoms with Crippen molar-refractivity contribution in [2.45, 2.75) is 12.4 Å². The number of hydrogen-bond donors (Lipinski definition) is 2. The second-order valence-corrected chi connectivity index (χ2v) is 6.49. The van der Waals surface area contributed by atoms with E-state index >= 15 is 0 Å². The highest BCUT2D eigenvalue weighted by atomic mass is 35.5. The molecule has 0 atom stereocenters. The summed E-state index contributed by atoms with van der Waals surface area (Å²) in [5.41, 5.74) is 0. The van der Waals surface area contributed by atoms with E-state index in [2.05, 4.69) is 24.8 Å². The summed E-state index contributed by atoms with van der Waals surface area (Å²) in [5, 5.41) is 6.20. The van der Waals surface area contributed by atoms with Crippen LogP contribution in [0.4, 0.5) is 42.1 Å². The Hall–Kier alpha value is -2.68. The first-order chi connectivity index (χ1) is 13.9. The molecule has 30 heavy (non-hydrogen) atoms. The van der Waals surface area contributed by atoms with E-state index in [9.17, 15) is 31.1 Å². The zero-order valence-electron chi connectivity index (χ0n) is 14.7. The Kier molecular flexibility index (Phi) is 7.41. The van der Waals surface area contributed by atoms with Gasteiger partial charge in [0.25, 0.3) is 0 Å². The Morgan fingerprint density at radius 3 is 2.07 bits per heavy atom. The largest absolute Gasteiger partial charge is 0.492 e. The fraction of sp³-hybridized carbons (Fsp3) is 0.357. The Morgan fingerprint density at radius 1 is 1.07 bits per heavy atom. The molecular formula is C14H11ClF6N4O4S. The summed E-state index contributed by atoms with van der Waals surface area (Å²) in [6, 6.07) is -0.371. The van der Waals surface area contributed by atoms with E-state index < -0.39 is 49.3 Å². The molecule has 0 aliphatic rings. The minimum absolute atomic E-state index is 0.147. The predicted octanol–water partition coefficient (Wildman–Crippen LogP) is 4.73. The summed E-state index contributed by atoms with van der Waals surface area (Å²) >= 11 is 6.84. The van der Waals surface area contributed by atoms with Crippen molar-refractivity contribution in [3.63, 3.8) is 0 Å². The van der Waals surface area contributed by atoms with Gasteiger partial charge in [-0.3, -0.25) is 10.6 Å². The molecule has 166 valence electrons. The maximum atomic E-state index is 12.3. The number of urea groups is 1. The number of carbonyl (C=O) groups is 1. The lowest BCUT2D eigenvalue weighted by Crippen LogP contribution is -2.23. The number of thiophene rings is 1. The quantitative estimate of drug-likeness (QED) is 0.557. The third-order valence-corrected chi connectivity index (χ3v) is 4.09. The summed E-state index contributed by atoms with van der Waals surface area (Å²) in [6.45, 7) is -3.56. The molecule has 2 heterocycles. The molecule has 2 amide bonds. The average molecular weight is 481 g/mol. The van der Waals surface area contributed by atoms with Crippen LogP contribution in [0.1, 0.15) is 0 Å². The standard InChI is InChI=1S/C14H11ClF6N4O4S/c1-27-9-6(15)3-30-10(9)24-12(26)25-11-22-7(28-4-13(16,17)18)2-8(23-11)29-5-14(19,20)21/h2-3H,4-5H2,1H3,(H2,22,23,24,25,26). The molecule has 0 saturated carbocycles. The van der Waals surface area contributed by atoms with Crippen molar-refractivity contribution in [1.29, 1.82) is 0 Å². The molecule has 0 saturated heterocycles. The van der Waals surface area contributed by atoms with Crippen molar-refractivity contribution in [1.82, 2.24) is 9.97 Å². The minimum atomic E-state index is -4.74. The highest BCUT2D eigenvalue weighted by Crippen LogP contribution is 2.39. The van der Waals surface area contributed by atoms with Crippen LogP contribution in [0.5, 0.6) is 17.5 Å². The molecule has 2 aromatic rings. The lowest BCUT2D eigenvalue weighted by molar-refractivity contribution is -0.154. The minimum Gasteiger partial charge on any atom is -0.492 e. The Balaban J connectivity index is 2.17. The molecule has 0 fully saturated rings. The van der Waals surface area contributed by atoms with Crippen molar-refractivity contribution in [3.8, 4) is 17.5 Å². The van der Waals surface area contributed by atoms with Gasteiger partial charge in [-0.1, -0.05) is 11.6 Å². The molecule has 2 rings (SSSR count). The third-order valence-electron chi connectivity index (χ3n) is 2.81. The number of halogens is 7. The third kappa shape index (κ3) is 7.62. The van der Waals surface area contributed by atoms with Crippen molar-refractivity contribution in [2.24, 2.45) is 0 Å². The molecule has 0 aromatic carbocycles. The van der Waals surface area contributed by atoms with Crippen LogP contribution in [0.2, 0.25) is 5.02 Å². The smallest absolute Gasteiger partial charge is 0.422 e. The van der Waals surface area contributed by atoms with E-state index in [-0.39, 0.29) is 15.8 Å². The van der Waals surface area contributed by atoms with Crippen molar-refractivity contribution in [2.75, 3.05) is 31.0 Å². The molecule has 0 aliphatic carbocycles. The van der Waals surface area contributed by atoms with Crippen LogP contribution in [0.25, 0.3) is 0 Å². The van der Waals surface area contributed by atoms with Crippen molar-refractivity contribution < 1.29 is 45.3 Å². The maximum absolute atomic E-state index is 12.3. The number of ether oxygens (including phenoxy) is 3. The molecule has 2 N–H and O–H groups in total. The van der Waals surface area contributed by atoms with Gasteiger partial charge in [0.15, 0.2) is 19.0 Å². The lowest BCUT2D eigenvalue weighted by Gasteiger charge is -2.13. The number of alkyl halides is 6. The van der Waals surface area contributed by atoms with Gasteiger partial charge in [0.1, 0.15) is 5.00 Å². The summed E-state index contributed by atoms with van der Waals surface area (Å²) in [7, 11) is 1.30. The van der Waals surface area contributed by atoms with Crippen LogP contribution >= 0.6 is 22.9 Å². The summed E-state index contributed by atoms with van der Waals surface area (Å²) in [5.74, 6) is -2.07. The van der Waals surface area contributed by atoms with Crippen molar-refractivity contribution in [3.05, 3.63) is 16.5 Å². The van der Waals surface area contributed by atoms with Gasteiger partial charge in [-0.05, 0) is 0 Å². The highest BCUT2D eigenvalue weighted by molar-refractivity contribution is 7.15. The molecule has 0 radical (unpaired) electrons. The number of anilines is 2. The van der Waals surface area contributed by atoms with E-state index in [1.54, 1.807) is 0 Å². The number of nitrogens with one attached hydrogen (secondary N) is 2. The molecule has 2 aromatic heterocycles. The summed E-state index contributed by atoms with van der Waals surface area (Å²) in [4.78, 5) is 19.1. The fourth-order valence-corrected chi connectivity index (χ4v) is 2.90. The molecular weight excluding hydrogens is 470 g/mol. The monoisotopic (exact) mass is 480 g/mol. The van der Waals surface area contributed by atoms with Gasteiger partial charge in [0, 0.05) is 5.38 Å². The number of methoxy groups -OCH3 is 1. The molecule has 0 aliphatic heterocycles. The first kappa shape index (κ1) is 23.6. The number of rotatable bonds is 7. The van der Waals surface area contributed by atoms with Gasteiger partial charge in [-0.15, -0.1) is 11.3 Å². The second kappa shape index (κ2) is 9.42. The number of nitrogens with zero attached hydrogens (tertiary/aromatic N) is 2. The Morgan fingerprint density at radius 2 is 1.60 bits per heavy atom. The van der Waals surface area contributed by atoms with Crippen LogP contribution < -0.4 is 24.8 Å². The maximum Gasteiger partial charge on any atom is 0.422 e. The number of amides is 2. The first-order valence-electron chi connectivity index (χ1n) is 7.53. The van der Waals surface area contributed by atoms with Gasteiger partial charge in [-0.25, -0.2) is 4.79 Å². The highest BCUT2D eigenvalue weighted by Gasteiger charge is 2.30. The summed E-state index contributed by atoms with van der Waals surface area (Å²) in [6.07, 6.45) is -9.48. The predicted molar refractivity (Wildman–Crippen MR) is 93.7 cm³/mol. The van der Waals surface area contributed by atoms with Crippen LogP contribution in [-0.4, -0.2) is 48.7 Å². The zero-order chi connectivity index (χ0) is 22.5. The van der Waals surface area contributed by atoms with E-state index in [1.807, 2.05) is 5.32 Å². The van der Waals surface area contributed by atoms with E-state index in [0.717, 1.165) is 11.3 Å². The van der Waals surface area contributed by atoms with E-state index in [0.29, 0.717) is 6.07 Å². The lowest BCUT2D eigenvalue weighted by atomic mass is 10.5. The number of carbonyl (C=O) groups excluding carboxylic acids is 1. The topological polar surface area (TPSA) is 94.6 Å². The Bertz CT molecular complexity index is 856. The van der Waals surface area contributed by atoms with Crippen molar-refractivity contribution >= 4 is 39.9 Å². The Labute approximate surface area is 173 Å². The normalized spacial score (nSPS) is 11.7. The van der Waals surface area contributed by atoms with Gasteiger partial charge in [0.2, 0.25) is 17.7 Å². The summed E-state index contributed by atoms with van der Waals surface area (Å²) < 4.78 is 87.7. The van der Waals surface area contributed by atoms with Crippen LogP contribution in [-0.2, 0) is 0 Å². The van der Waals surface area contributed by atoms with E-state index in [1.165, 1.54) is 12.5 Å². The second-order valence-electron chi connectivity index (χ2n) is 5.20. The van der Waals surface area contributed by atoms with Crippen LogP contribution in [0.15, 0.2) is 11.4 Å². The van der Waals surface area contributed by atoms with Gasteiger partial charge >= 0.3 is 18.4 Å². The fourth-order valence-electron chi connectivity index (χ4n) is 1.76.